The van der Waals surface area contributed by atoms with Gasteiger partial charge in [0.25, 0.3) is 0 Å². The van der Waals surface area contributed by atoms with E-state index in [1.165, 1.54) is 0 Å². The summed E-state index contributed by atoms with van der Waals surface area (Å²) in [7, 11) is 0. The van der Waals surface area contributed by atoms with Crippen molar-refractivity contribution in [3.8, 4) is 0 Å². The van der Waals surface area contributed by atoms with Crippen LogP contribution in [-0.2, 0) is 14.4 Å². The first-order valence-electron chi connectivity index (χ1n) is 11.5. The summed E-state index contributed by atoms with van der Waals surface area (Å²) in [4.78, 5) is 34.1. The number of nitrogens with zero attached hydrogens (tertiary/aromatic N) is 3. The number of benzene rings is 1. The van der Waals surface area contributed by atoms with Crippen LogP contribution in [0, 0.1) is 0 Å². The predicted octanol–water partition coefficient (Wildman–Crippen LogP) is 2.38. The van der Waals surface area contributed by atoms with E-state index < -0.39 is 0 Å². The van der Waals surface area contributed by atoms with E-state index in [0.717, 1.165) is 43.0 Å². The Morgan fingerprint density at radius 3 is 2.66 bits per heavy atom. The second kappa shape index (κ2) is 9.35. The van der Waals surface area contributed by atoms with Crippen LogP contribution >= 0.6 is 0 Å². The van der Waals surface area contributed by atoms with Crippen LogP contribution in [0.2, 0.25) is 0 Å². The molecule has 0 bridgehead atoms. The lowest BCUT2D eigenvalue weighted by atomic mass is 9.96. The molecule has 0 radical (unpaired) electrons. The molecule has 0 aromatic heterocycles. The van der Waals surface area contributed by atoms with E-state index >= 15 is 0 Å². The van der Waals surface area contributed by atoms with E-state index in [4.69, 9.17) is 9.57 Å². The molecular weight excluding hydrogens is 410 g/mol. The standard InChI is InChI=1S/C23H35N5O4/c1-14(2)31-23(30)27-11-15(3)28(17(5)29)21-7-6-18(9-22(21)27)19-10-24-26(12-19)13-20-8-16(4)32-25-20/h6-7,9,14-16,19-20,24-25H,8,10-13H2,1-5H3/t15-,16?,19?,20?/m0/s1. The summed E-state index contributed by atoms with van der Waals surface area (Å²) >= 11 is 0. The van der Waals surface area contributed by atoms with Crippen LogP contribution in [-0.4, -0.2) is 67.5 Å². The minimum Gasteiger partial charge on any atom is -0.446 e. The van der Waals surface area contributed by atoms with Crippen LogP contribution in [0.5, 0.6) is 0 Å². The fraction of sp³-hybridized carbons (Fsp3) is 0.652. The lowest BCUT2D eigenvalue weighted by molar-refractivity contribution is -0.117. The smallest absolute Gasteiger partial charge is 0.414 e. The van der Waals surface area contributed by atoms with Crippen molar-refractivity contribution < 1.29 is 19.2 Å². The molecule has 0 spiro atoms. The van der Waals surface area contributed by atoms with E-state index in [1.54, 1.807) is 16.7 Å². The number of carbonyl (C=O) groups excluding carboxylic acids is 2. The van der Waals surface area contributed by atoms with Crippen LogP contribution in [0.3, 0.4) is 0 Å². The van der Waals surface area contributed by atoms with Crippen LogP contribution in [0.25, 0.3) is 0 Å². The second-order valence-corrected chi connectivity index (χ2v) is 9.47. The van der Waals surface area contributed by atoms with Crippen molar-refractivity contribution >= 4 is 23.4 Å². The first-order chi connectivity index (χ1) is 15.2. The molecule has 176 valence electrons. The minimum absolute atomic E-state index is 0.0300. The fourth-order valence-corrected chi connectivity index (χ4v) is 4.90. The number of amides is 2. The van der Waals surface area contributed by atoms with Gasteiger partial charge in [0, 0.05) is 45.1 Å². The monoisotopic (exact) mass is 445 g/mol. The van der Waals surface area contributed by atoms with Crippen molar-refractivity contribution in [3.05, 3.63) is 23.8 Å². The Labute approximate surface area is 189 Å². The summed E-state index contributed by atoms with van der Waals surface area (Å²) in [5, 5.41) is 2.23. The van der Waals surface area contributed by atoms with Crippen molar-refractivity contribution in [3.63, 3.8) is 0 Å². The Morgan fingerprint density at radius 1 is 1.22 bits per heavy atom. The summed E-state index contributed by atoms with van der Waals surface area (Å²) in [5.41, 5.74) is 9.23. The SMILES string of the molecule is CC(=O)N1c2ccc(C3CNN(CC4CC(C)ON4)C3)cc2N(C(=O)OC(C)C)C[C@@H]1C. The molecule has 1 aromatic rings. The molecule has 4 atom stereocenters. The van der Waals surface area contributed by atoms with Crippen molar-refractivity contribution in [1.29, 1.82) is 0 Å². The Balaban J connectivity index is 1.55. The van der Waals surface area contributed by atoms with Gasteiger partial charge in [-0.15, -0.1) is 0 Å². The molecular formula is C23H35N5O4. The van der Waals surface area contributed by atoms with Crippen molar-refractivity contribution in [2.75, 3.05) is 36.0 Å². The van der Waals surface area contributed by atoms with Crippen molar-refractivity contribution in [2.24, 2.45) is 0 Å². The van der Waals surface area contributed by atoms with E-state index in [1.807, 2.05) is 32.9 Å². The average molecular weight is 446 g/mol. The highest BCUT2D eigenvalue weighted by Gasteiger charge is 2.36. The van der Waals surface area contributed by atoms with Gasteiger partial charge in [0.05, 0.1) is 29.6 Å². The number of rotatable bonds is 4. The topological polar surface area (TPSA) is 86.4 Å². The van der Waals surface area contributed by atoms with Crippen LogP contribution < -0.4 is 20.7 Å². The number of hydroxylamine groups is 1. The lowest BCUT2D eigenvalue weighted by Gasteiger charge is -2.40. The lowest BCUT2D eigenvalue weighted by Crippen LogP contribution is -2.51. The molecule has 0 aliphatic carbocycles. The number of hydrogen-bond donors (Lipinski definition) is 2. The van der Waals surface area contributed by atoms with E-state index in [2.05, 4.69) is 28.9 Å². The highest BCUT2D eigenvalue weighted by Crippen LogP contribution is 2.39. The zero-order valence-corrected chi connectivity index (χ0v) is 19.6. The summed E-state index contributed by atoms with van der Waals surface area (Å²) in [5.74, 6) is 0.255. The number of ether oxygens (including phenoxy) is 1. The van der Waals surface area contributed by atoms with Gasteiger partial charge in [-0.2, -0.15) is 5.48 Å². The Bertz CT molecular complexity index is 863. The Kier molecular flexibility index (Phi) is 6.71. The molecule has 9 nitrogen and oxygen atoms in total. The maximum absolute atomic E-state index is 12.9. The van der Waals surface area contributed by atoms with E-state index in [-0.39, 0.29) is 36.2 Å². The van der Waals surface area contributed by atoms with Gasteiger partial charge < -0.3 is 9.64 Å². The fourth-order valence-electron chi connectivity index (χ4n) is 4.90. The van der Waals surface area contributed by atoms with E-state index in [0.29, 0.717) is 12.6 Å². The summed E-state index contributed by atoms with van der Waals surface area (Å²) in [6.07, 6.45) is 0.648. The highest BCUT2D eigenvalue weighted by molar-refractivity contribution is 6.02. The molecule has 2 amide bonds. The van der Waals surface area contributed by atoms with Crippen LogP contribution in [0.1, 0.15) is 52.5 Å². The first kappa shape index (κ1) is 23.0. The van der Waals surface area contributed by atoms with Gasteiger partial charge in [0.15, 0.2) is 0 Å². The average Bonchev–Trinajstić information content (AvgIpc) is 3.35. The van der Waals surface area contributed by atoms with Gasteiger partial charge in [-0.1, -0.05) is 6.07 Å². The molecule has 32 heavy (non-hydrogen) atoms. The third-order valence-electron chi connectivity index (χ3n) is 6.30. The highest BCUT2D eigenvalue weighted by atomic mass is 16.7. The molecule has 2 fully saturated rings. The van der Waals surface area contributed by atoms with Gasteiger partial charge in [-0.25, -0.2) is 9.80 Å². The third kappa shape index (κ3) is 4.76. The number of hydrogen-bond acceptors (Lipinski definition) is 7. The van der Waals surface area contributed by atoms with Crippen molar-refractivity contribution in [2.45, 2.75) is 71.2 Å². The molecule has 0 saturated carbocycles. The summed E-state index contributed by atoms with van der Waals surface area (Å²) in [6, 6.07) is 6.28. The van der Waals surface area contributed by atoms with Gasteiger partial charge in [0.1, 0.15) is 0 Å². The zero-order chi connectivity index (χ0) is 23.0. The van der Waals surface area contributed by atoms with E-state index in [9.17, 15) is 9.59 Å². The molecule has 1 aromatic carbocycles. The second-order valence-electron chi connectivity index (χ2n) is 9.47. The maximum atomic E-state index is 12.9. The molecule has 4 rings (SSSR count). The number of hydrazine groups is 1. The molecule has 2 N–H and O–H groups in total. The number of nitrogens with one attached hydrogen (secondary N) is 2. The molecule has 3 aliphatic heterocycles. The quantitative estimate of drug-likeness (QED) is 0.736. The molecule has 3 unspecified atom stereocenters. The molecule has 3 aliphatic rings. The van der Waals surface area contributed by atoms with Gasteiger partial charge in [-0.3, -0.25) is 20.0 Å². The van der Waals surface area contributed by atoms with Crippen LogP contribution in [0.4, 0.5) is 16.2 Å². The Hall–Kier alpha value is -2.20. The molecule has 3 heterocycles. The molecule has 2 saturated heterocycles. The predicted molar refractivity (Wildman–Crippen MR) is 122 cm³/mol. The summed E-state index contributed by atoms with van der Waals surface area (Å²) < 4.78 is 5.50. The Morgan fingerprint density at radius 2 is 2.00 bits per heavy atom. The maximum Gasteiger partial charge on any atom is 0.414 e. The molecule has 9 heteroatoms. The summed E-state index contributed by atoms with van der Waals surface area (Å²) in [6.45, 7) is 12.2. The normalized spacial score (nSPS) is 28.3. The number of anilines is 2. The van der Waals surface area contributed by atoms with Gasteiger partial charge >= 0.3 is 6.09 Å². The van der Waals surface area contributed by atoms with Gasteiger partial charge in [-0.05, 0) is 51.8 Å². The first-order valence-corrected chi connectivity index (χ1v) is 11.5. The zero-order valence-electron chi connectivity index (χ0n) is 19.6. The third-order valence-corrected chi connectivity index (χ3v) is 6.30. The largest absolute Gasteiger partial charge is 0.446 e. The number of fused-ring (bicyclic) bond motifs is 1. The van der Waals surface area contributed by atoms with Crippen LogP contribution in [0.15, 0.2) is 18.2 Å². The minimum atomic E-state index is -0.374. The van der Waals surface area contributed by atoms with Gasteiger partial charge in [0.2, 0.25) is 5.91 Å². The van der Waals surface area contributed by atoms with Crippen molar-refractivity contribution in [1.82, 2.24) is 15.9 Å². The number of carbonyl (C=O) groups is 2.